The number of hydrogen-bond acceptors (Lipinski definition) is 5. The van der Waals surface area contributed by atoms with Crippen molar-refractivity contribution in [1.29, 1.82) is 5.26 Å². The molecule has 6 heteroatoms. The number of nitrogens with zero attached hydrogens (tertiary/aromatic N) is 3. The lowest BCUT2D eigenvalue weighted by Crippen LogP contribution is -2.46. The minimum atomic E-state index is 0.610. The maximum absolute atomic E-state index is 8.67. The molecule has 0 amide bonds. The van der Waals surface area contributed by atoms with Gasteiger partial charge >= 0.3 is 0 Å². The fourth-order valence-corrected chi connectivity index (χ4v) is 3.39. The summed E-state index contributed by atoms with van der Waals surface area (Å²) in [6.45, 7) is 8.45. The van der Waals surface area contributed by atoms with Gasteiger partial charge in [0.1, 0.15) is 0 Å². The fourth-order valence-electron chi connectivity index (χ4n) is 2.79. The van der Waals surface area contributed by atoms with Crippen molar-refractivity contribution in [3.8, 4) is 17.6 Å². The molecule has 1 heterocycles. The third-order valence-corrected chi connectivity index (χ3v) is 4.58. The standard InChI is InChI=1S/C17H24BrN3O2/c1-3-23-17-15(18)11-14(12-16(17)22-2)13-21-9-7-20(8-10-21)6-4-5-19/h11-12H,3-4,6-10,13H2,1-2H3. The van der Waals surface area contributed by atoms with Crippen LogP contribution in [0.5, 0.6) is 11.5 Å². The highest BCUT2D eigenvalue weighted by molar-refractivity contribution is 9.10. The van der Waals surface area contributed by atoms with Gasteiger partial charge in [-0.05, 0) is 40.5 Å². The van der Waals surface area contributed by atoms with Crippen LogP contribution in [-0.2, 0) is 6.54 Å². The van der Waals surface area contributed by atoms with Gasteiger partial charge in [-0.15, -0.1) is 0 Å². The zero-order valence-electron chi connectivity index (χ0n) is 13.8. The Morgan fingerprint density at radius 1 is 1.22 bits per heavy atom. The summed E-state index contributed by atoms with van der Waals surface area (Å²) < 4.78 is 12.0. The van der Waals surface area contributed by atoms with Crippen LogP contribution in [0, 0.1) is 11.3 Å². The maximum Gasteiger partial charge on any atom is 0.175 e. The molecule has 0 aliphatic carbocycles. The minimum Gasteiger partial charge on any atom is -0.493 e. The van der Waals surface area contributed by atoms with Crippen molar-refractivity contribution in [2.24, 2.45) is 0 Å². The third-order valence-electron chi connectivity index (χ3n) is 3.99. The third kappa shape index (κ3) is 5.10. The van der Waals surface area contributed by atoms with Crippen molar-refractivity contribution in [1.82, 2.24) is 9.80 Å². The molecule has 0 unspecified atom stereocenters. The van der Waals surface area contributed by atoms with Crippen LogP contribution in [0.25, 0.3) is 0 Å². The van der Waals surface area contributed by atoms with Gasteiger partial charge in [-0.3, -0.25) is 9.80 Å². The summed E-state index contributed by atoms with van der Waals surface area (Å²) in [7, 11) is 1.67. The molecule has 0 saturated carbocycles. The highest BCUT2D eigenvalue weighted by atomic mass is 79.9. The molecule has 1 fully saturated rings. The quantitative estimate of drug-likeness (QED) is 0.726. The van der Waals surface area contributed by atoms with Crippen LogP contribution in [0.1, 0.15) is 18.9 Å². The van der Waals surface area contributed by atoms with Crippen LogP contribution in [0.4, 0.5) is 0 Å². The number of ether oxygens (including phenoxy) is 2. The van der Waals surface area contributed by atoms with E-state index in [1.165, 1.54) is 5.56 Å². The van der Waals surface area contributed by atoms with Gasteiger partial charge in [0.05, 0.1) is 24.3 Å². The number of piperazine rings is 1. The number of rotatable bonds is 7. The molecule has 0 bridgehead atoms. The molecule has 126 valence electrons. The molecular weight excluding hydrogens is 358 g/mol. The lowest BCUT2D eigenvalue weighted by atomic mass is 10.1. The van der Waals surface area contributed by atoms with Gasteiger partial charge in [0.2, 0.25) is 0 Å². The van der Waals surface area contributed by atoms with Crippen LogP contribution in [-0.4, -0.2) is 56.2 Å². The van der Waals surface area contributed by atoms with E-state index < -0.39 is 0 Å². The molecule has 1 aliphatic rings. The molecule has 1 aromatic carbocycles. The Bertz CT molecular complexity index is 552. The van der Waals surface area contributed by atoms with Crippen LogP contribution in [0.3, 0.4) is 0 Å². The predicted molar refractivity (Wildman–Crippen MR) is 93.8 cm³/mol. The number of methoxy groups -OCH3 is 1. The second-order valence-corrected chi connectivity index (χ2v) is 6.42. The monoisotopic (exact) mass is 381 g/mol. The summed E-state index contributed by atoms with van der Waals surface area (Å²) in [6, 6.07) is 6.37. The van der Waals surface area contributed by atoms with Gasteiger partial charge in [-0.2, -0.15) is 5.26 Å². The molecule has 1 saturated heterocycles. The fraction of sp³-hybridized carbons (Fsp3) is 0.588. The maximum atomic E-state index is 8.67. The molecule has 1 aliphatic heterocycles. The lowest BCUT2D eigenvalue weighted by Gasteiger charge is -2.34. The van der Waals surface area contributed by atoms with E-state index in [1.54, 1.807) is 7.11 Å². The SMILES string of the molecule is CCOc1c(Br)cc(CN2CCN(CCC#N)CC2)cc1OC. The first-order chi connectivity index (χ1) is 11.2. The van der Waals surface area contributed by atoms with E-state index in [0.717, 1.165) is 55.2 Å². The number of hydrogen-bond donors (Lipinski definition) is 0. The van der Waals surface area contributed by atoms with Gasteiger partial charge in [0, 0.05) is 45.7 Å². The van der Waals surface area contributed by atoms with Crippen molar-refractivity contribution in [3.63, 3.8) is 0 Å². The van der Waals surface area contributed by atoms with E-state index in [1.807, 2.05) is 6.92 Å². The summed E-state index contributed by atoms with van der Waals surface area (Å²) in [5.41, 5.74) is 1.21. The van der Waals surface area contributed by atoms with Crippen molar-refractivity contribution >= 4 is 15.9 Å². The molecular formula is C17H24BrN3O2. The summed E-state index contributed by atoms with van der Waals surface area (Å²) in [4.78, 5) is 4.79. The van der Waals surface area contributed by atoms with E-state index in [9.17, 15) is 0 Å². The Labute approximate surface area is 146 Å². The second kappa shape index (κ2) is 9.11. The van der Waals surface area contributed by atoms with E-state index in [-0.39, 0.29) is 0 Å². The van der Waals surface area contributed by atoms with E-state index in [0.29, 0.717) is 13.0 Å². The first kappa shape index (κ1) is 18.1. The zero-order valence-corrected chi connectivity index (χ0v) is 15.4. The summed E-state index contributed by atoms with van der Waals surface area (Å²) in [5, 5.41) is 8.67. The van der Waals surface area contributed by atoms with Crippen molar-refractivity contribution in [2.45, 2.75) is 19.9 Å². The molecule has 0 spiro atoms. The molecule has 1 aromatic rings. The number of halogens is 1. The lowest BCUT2D eigenvalue weighted by molar-refractivity contribution is 0.129. The van der Waals surface area contributed by atoms with E-state index in [2.05, 4.69) is 43.9 Å². The van der Waals surface area contributed by atoms with Crippen LogP contribution in [0.2, 0.25) is 0 Å². The van der Waals surface area contributed by atoms with Gasteiger partial charge in [-0.25, -0.2) is 0 Å². The summed E-state index contributed by atoms with van der Waals surface area (Å²) in [5.74, 6) is 1.53. The highest BCUT2D eigenvalue weighted by Crippen LogP contribution is 2.37. The number of nitriles is 1. The summed E-state index contributed by atoms with van der Waals surface area (Å²) >= 11 is 3.58. The van der Waals surface area contributed by atoms with Gasteiger partial charge in [-0.1, -0.05) is 0 Å². The number of benzene rings is 1. The average Bonchev–Trinajstić information content (AvgIpc) is 2.56. The van der Waals surface area contributed by atoms with Gasteiger partial charge in [0.25, 0.3) is 0 Å². The minimum absolute atomic E-state index is 0.610. The zero-order chi connectivity index (χ0) is 16.7. The first-order valence-corrected chi connectivity index (χ1v) is 8.78. The van der Waals surface area contributed by atoms with Crippen molar-refractivity contribution in [3.05, 3.63) is 22.2 Å². The molecule has 23 heavy (non-hydrogen) atoms. The Hall–Kier alpha value is -1.29. The van der Waals surface area contributed by atoms with Crippen molar-refractivity contribution in [2.75, 3.05) is 46.4 Å². The molecule has 5 nitrogen and oxygen atoms in total. The summed E-state index contributed by atoms with van der Waals surface area (Å²) in [6.07, 6.45) is 0.614. The Morgan fingerprint density at radius 2 is 1.91 bits per heavy atom. The van der Waals surface area contributed by atoms with Crippen molar-refractivity contribution < 1.29 is 9.47 Å². The highest BCUT2D eigenvalue weighted by Gasteiger charge is 2.18. The molecule has 0 atom stereocenters. The van der Waals surface area contributed by atoms with Gasteiger partial charge < -0.3 is 9.47 Å². The normalized spacial score (nSPS) is 16.1. The Balaban J connectivity index is 1.96. The Morgan fingerprint density at radius 3 is 2.52 bits per heavy atom. The van der Waals surface area contributed by atoms with Gasteiger partial charge in [0.15, 0.2) is 11.5 Å². The van der Waals surface area contributed by atoms with Crippen LogP contribution >= 0.6 is 15.9 Å². The smallest absolute Gasteiger partial charge is 0.175 e. The molecule has 0 radical (unpaired) electrons. The topological polar surface area (TPSA) is 48.7 Å². The Kier molecular flexibility index (Phi) is 7.15. The van der Waals surface area contributed by atoms with Crippen LogP contribution in [0.15, 0.2) is 16.6 Å². The molecule has 0 aromatic heterocycles. The van der Waals surface area contributed by atoms with E-state index >= 15 is 0 Å². The first-order valence-electron chi connectivity index (χ1n) is 7.98. The van der Waals surface area contributed by atoms with E-state index in [4.69, 9.17) is 14.7 Å². The molecule has 0 N–H and O–H groups in total. The van der Waals surface area contributed by atoms with Crippen LogP contribution < -0.4 is 9.47 Å². The largest absolute Gasteiger partial charge is 0.493 e. The molecule has 2 rings (SSSR count). The second-order valence-electron chi connectivity index (χ2n) is 5.57. The predicted octanol–water partition coefficient (Wildman–Crippen LogP) is 2.89. The average molecular weight is 382 g/mol.